The van der Waals surface area contributed by atoms with Gasteiger partial charge in [-0.2, -0.15) is 0 Å². The molecule has 1 saturated heterocycles. The Morgan fingerprint density at radius 2 is 2.19 bits per heavy atom. The third-order valence-corrected chi connectivity index (χ3v) is 5.85. The lowest BCUT2D eigenvalue weighted by molar-refractivity contribution is 0.301. The van der Waals surface area contributed by atoms with Gasteiger partial charge in [0.1, 0.15) is 0 Å². The molecule has 3 rings (SSSR count). The standard InChI is InChI=1S/C16H26N4S/c1-4-16(5-2)6-7-19(11-16)14-13(10-12(3)17)20-8-9-21-15(20)18-14/h8-9,12H,4-7,10-11,17H2,1-3H3. The molecule has 1 atom stereocenters. The summed E-state index contributed by atoms with van der Waals surface area (Å²) in [5.74, 6) is 1.17. The SMILES string of the molecule is CCC1(CC)CCN(c2nc3sccn3c2CC(C)N)C1. The third kappa shape index (κ3) is 2.57. The van der Waals surface area contributed by atoms with E-state index >= 15 is 0 Å². The van der Waals surface area contributed by atoms with Crippen LogP contribution in [0.1, 0.15) is 45.7 Å². The van der Waals surface area contributed by atoms with E-state index in [4.69, 9.17) is 10.7 Å². The summed E-state index contributed by atoms with van der Waals surface area (Å²) in [6.45, 7) is 8.97. The van der Waals surface area contributed by atoms with Crippen molar-refractivity contribution in [2.75, 3.05) is 18.0 Å². The molecule has 3 heterocycles. The minimum absolute atomic E-state index is 0.160. The van der Waals surface area contributed by atoms with Crippen molar-refractivity contribution in [3.63, 3.8) is 0 Å². The molecular formula is C16H26N4S. The van der Waals surface area contributed by atoms with Crippen LogP contribution < -0.4 is 10.6 Å². The van der Waals surface area contributed by atoms with Gasteiger partial charge in [0.15, 0.2) is 10.8 Å². The number of aromatic nitrogens is 2. The average molecular weight is 306 g/mol. The quantitative estimate of drug-likeness (QED) is 0.922. The Kier molecular flexibility index (Phi) is 3.97. The molecular weight excluding hydrogens is 280 g/mol. The van der Waals surface area contributed by atoms with Crippen molar-refractivity contribution >= 4 is 22.1 Å². The number of anilines is 1. The molecule has 1 fully saturated rings. The number of hydrogen-bond acceptors (Lipinski definition) is 4. The van der Waals surface area contributed by atoms with E-state index in [1.807, 2.05) is 0 Å². The first-order valence-electron chi connectivity index (χ1n) is 8.03. The van der Waals surface area contributed by atoms with Gasteiger partial charge in [-0.1, -0.05) is 13.8 Å². The van der Waals surface area contributed by atoms with E-state index in [-0.39, 0.29) is 6.04 Å². The molecule has 2 N–H and O–H groups in total. The number of thiazole rings is 1. The molecule has 0 saturated carbocycles. The van der Waals surface area contributed by atoms with Gasteiger partial charge in [0.25, 0.3) is 0 Å². The molecule has 2 aromatic rings. The summed E-state index contributed by atoms with van der Waals surface area (Å²) in [6, 6.07) is 0.160. The maximum Gasteiger partial charge on any atom is 0.195 e. The van der Waals surface area contributed by atoms with Crippen molar-refractivity contribution in [2.45, 2.75) is 52.5 Å². The highest BCUT2D eigenvalue weighted by atomic mass is 32.1. The van der Waals surface area contributed by atoms with Crippen LogP contribution in [0.5, 0.6) is 0 Å². The van der Waals surface area contributed by atoms with Crippen molar-refractivity contribution in [2.24, 2.45) is 11.1 Å². The normalized spacial score (nSPS) is 19.5. The second-order valence-corrected chi connectivity index (χ2v) is 7.37. The second kappa shape index (κ2) is 5.61. The first kappa shape index (κ1) is 14.9. The fraction of sp³-hybridized carbons (Fsp3) is 0.688. The zero-order valence-corrected chi connectivity index (χ0v) is 14.1. The molecule has 0 spiro atoms. The lowest BCUT2D eigenvalue weighted by Crippen LogP contribution is -2.28. The molecule has 5 heteroatoms. The minimum atomic E-state index is 0.160. The minimum Gasteiger partial charge on any atom is -0.354 e. The Balaban J connectivity index is 1.95. The smallest absolute Gasteiger partial charge is 0.195 e. The van der Waals surface area contributed by atoms with Crippen LogP contribution in [0, 0.1) is 5.41 Å². The molecule has 0 radical (unpaired) electrons. The fourth-order valence-electron chi connectivity index (χ4n) is 3.51. The van der Waals surface area contributed by atoms with Crippen LogP contribution in [0.25, 0.3) is 4.96 Å². The maximum atomic E-state index is 6.06. The largest absolute Gasteiger partial charge is 0.354 e. The molecule has 1 aliphatic heterocycles. The molecule has 1 aliphatic rings. The monoisotopic (exact) mass is 306 g/mol. The number of imidazole rings is 1. The molecule has 116 valence electrons. The van der Waals surface area contributed by atoms with Crippen LogP contribution in [0.3, 0.4) is 0 Å². The van der Waals surface area contributed by atoms with Crippen LogP contribution in [0.15, 0.2) is 11.6 Å². The lowest BCUT2D eigenvalue weighted by Gasteiger charge is -2.26. The van der Waals surface area contributed by atoms with Crippen LogP contribution in [0.4, 0.5) is 5.82 Å². The van der Waals surface area contributed by atoms with Gasteiger partial charge in [0, 0.05) is 37.1 Å². The zero-order chi connectivity index (χ0) is 15.0. The Bertz CT molecular complexity index is 609. The highest BCUT2D eigenvalue weighted by molar-refractivity contribution is 7.15. The van der Waals surface area contributed by atoms with Crippen molar-refractivity contribution < 1.29 is 0 Å². The highest BCUT2D eigenvalue weighted by Crippen LogP contribution is 2.40. The number of nitrogens with zero attached hydrogens (tertiary/aromatic N) is 3. The van der Waals surface area contributed by atoms with Crippen LogP contribution in [-0.4, -0.2) is 28.5 Å². The van der Waals surface area contributed by atoms with E-state index in [1.54, 1.807) is 11.3 Å². The zero-order valence-electron chi connectivity index (χ0n) is 13.3. The predicted molar refractivity (Wildman–Crippen MR) is 90.3 cm³/mol. The Labute approximate surface area is 131 Å². The average Bonchev–Trinajstić information content (AvgIpc) is 3.14. The maximum absolute atomic E-state index is 6.06. The number of nitrogens with two attached hydrogens (primary N) is 1. The molecule has 0 aliphatic carbocycles. The van der Waals surface area contributed by atoms with Gasteiger partial charge in [-0.05, 0) is 31.6 Å². The third-order valence-electron chi connectivity index (χ3n) is 5.09. The van der Waals surface area contributed by atoms with Crippen LogP contribution in [-0.2, 0) is 6.42 Å². The number of fused-ring (bicyclic) bond motifs is 1. The molecule has 0 aromatic carbocycles. The van der Waals surface area contributed by atoms with Crippen LogP contribution >= 0.6 is 11.3 Å². The Hall–Kier alpha value is -1.07. The van der Waals surface area contributed by atoms with E-state index in [0.717, 1.165) is 24.5 Å². The first-order chi connectivity index (χ1) is 10.1. The van der Waals surface area contributed by atoms with E-state index in [1.165, 1.54) is 30.8 Å². The molecule has 1 unspecified atom stereocenters. The second-order valence-electron chi connectivity index (χ2n) is 6.50. The summed E-state index contributed by atoms with van der Waals surface area (Å²) in [7, 11) is 0. The summed E-state index contributed by atoms with van der Waals surface area (Å²) in [6.07, 6.45) is 6.80. The van der Waals surface area contributed by atoms with Gasteiger partial charge < -0.3 is 10.6 Å². The summed E-state index contributed by atoms with van der Waals surface area (Å²) >= 11 is 1.70. The Morgan fingerprint density at radius 1 is 1.43 bits per heavy atom. The van der Waals surface area contributed by atoms with Crippen molar-refractivity contribution in [3.8, 4) is 0 Å². The van der Waals surface area contributed by atoms with Crippen molar-refractivity contribution in [1.82, 2.24) is 9.38 Å². The molecule has 0 bridgehead atoms. The van der Waals surface area contributed by atoms with E-state index < -0.39 is 0 Å². The number of hydrogen-bond donors (Lipinski definition) is 1. The fourth-order valence-corrected chi connectivity index (χ4v) is 4.24. The van der Waals surface area contributed by atoms with Gasteiger partial charge in [0.2, 0.25) is 0 Å². The molecule has 4 nitrogen and oxygen atoms in total. The topological polar surface area (TPSA) is 46.6 Å². The first-order valence-corrected chi connectivity index (χ1v) is 8.91. The van der Waals surface area contributed by atoms with E-state index in [2.05, 4.69) is 41.6 Å². The summed E-state index contributed by atoms with van der Waals surface area (Å²) in [5.41, 5.74) is 7.82. The number of rotatable bonds is 5. The molecule has 21 heavy (non-hydrogen) atoms. The highest BCUT2D eigenvalue weighted by Gasteiger charge is 2.37. The summed E-state index contributed by atoms with van der Waals surface area (Å²) in [5, 5.41) is 2.10. The van der Waals surface area contributed by atoms with Gasteiger partial charge in [-0.15, -0.1) is 11.3 Å². The summed E-state index contributed by atoms with van der Waals surface area (Å²) < 4.78 is 2.22. The lowest BCUT2D eigenvalue weighted by atomic mass is 9.82. The van der Waals surface area contributed by atoms with Gasteiger partial charge in [-0.25, -0.2) is 4.98 Å². The van der Waals surface area contributed by atoms with E-state index in [9.17, 15) is 0 Å². The van der Waals surface area contributed by atoms with Crippen LogP contribution in [0.2, 0.25) is 0 Å². The van der Waals surface area contributed by atoms with Crippen molar-refractivity contribution in [1.29, 1.82) is 0 Å². The van der Waals surface area contributed by atoms with E-state index in [0.29, 0.717) is 5.41 Å². The van der Waals surface area contributed by atoms with Gasteiger partial charge in [-0.3, -0.25) is 4.40 Å². The van der Waals surface area contributed by atoms with Gasteiger partial charge >= 0.3 is 0 Å². The Morgan fingerprint density at radius 3 is 2.81 bits per heavy atom. The molecule has 2 aromatic heterocycles. The molecule has 0 amide bonds. The van der Waals surface area contributed by atoms with Gasteiger partial charge in [0.05, 0.1) is 5.69 Å². The van der Waals surface area contributed by atoms with Crippen molar-refractivity contribution in [3.05, 3.63) is 17.3 Å². The predicted octanol–water partition coefficient (Wildman–Crippen LogP) is 3.30. The summed E-state index contributed by atoms with van der Waals surface area (Å²) in [4.78, 5) is 8.47.